The van der Waals surface area contributed by atoms with Crippen molar-refractivity contribution in [3.8, 4) is 22.6 Å². The summed E-state index contributed by atoms with van der Waals surface area (Å²) in [7, 11) is 1.66. The van der Waals surface area contributed by atoms with Gasteiger partial charge in [0.2, 0.25) is 0 Å². The summed E-state index contributed by atoms with van der Waals surface area (Å²) in [6.45, 7) is 3.93. The minimum absolute atomic E-state index is 0.164. The number of hydrogen-bond donors (Lipinski definition) is 0. The Morgan fingerprint density at radius 1 is 1.00 bits per heavy atom. The van der Waals surface area contributed by atoms with E-state index in [0.717, 1.165) is 51.6 Å². The highest BCUT2D eigenvalue weighted by atomic mass is 35.5. The molecule has 0 spiro atoms. The Bertz CT molecular complexity index is 1460. The fourth-order valence-corrected chi connectivity index (χ4v) is 4.78. The first-order valence-electron chi connectivity index (χ1n) is 12.0. The molecule has 0 N–H and O–H groups in total. The third-order valence-electron chi connectivity index (χ3n) is 6.40. The maximum absolute atomic E-state index is 12.7. The Morgan fingerprint density at radius 3 is 2.50 bits per heavy atom. The largest absolute Gasteiger partial charge is 0.497 e. The van der Waals surface area contributed by atoms with Gasteiger partial charge in [-0.2, -0.15) is 0 Å². The van der Waals surface area contributed by atoms with E-state index in [0.29, 0.717) is 17.3 Å². The Hall–Kier alpha value is -3.77. The molecule has 36 heavy (non-hydrogen) atoms. The van der Waals surface area contributed by atoms with Crippen LogP contribution in [0.15, 0.2) is 71.7 Å². The number of benzene rings is 3. The van der Waals surface area contributed by atoms with Gasteiger partial charge in [-0.25, -0.2) is 0 Å². The SMILES string of the molecule is CCCC(=O)C[C@@H]1N=C(c2ccc(Cl)cc2)c2cc(-c3cccc(OC)c3)ccc2-n2c(C)nnc21. The molecular weight excluding hydrogens is 472 g/mol. The molecule has 1 aliphatic rings. The maximum atomic E-state index is 12.7. The first-order chi connectivity index (χ1) is 17.5. The second-order valence-corrected chi connectivity index (χ2v) is 9.33. The molecule has 3 aromatic carbocycles. The maximum Gasteiger partial charge on any atom is 0.162 e. The average Bonchev–Trinajstić information content (AvgIpc) is 3.21. The summed E-state index contributed by atoms with van der Waals surface area (Å²) in [5.74, 6) is 2.38. The van der Waals surface area contributed by atoms with Crippen LogP contribution in [0.4, 0.5) is 0 Å². The number of fused-ring (bicyclic) bond motifs is 3. The second-order valence-electron chi connectivity index (χ2n) is 8.90. The number of aliphatic imine (C=N–C) groups is 1. The summed E-state index contributed by atoms with van der Waals surface area (Å²) in [4.78, 5) is 17.9. The number of nitrogens with zero attached hydrogens (tertiary/aromatic N) is 4. The van der Waals surface area contributed by atoms with Crippen LogP contribution in [-0.4, -0.2) is 33.4 Å². The van der Waals surface area contributed by atoms with Gasteiger partial charge in [0, 0.05) is 29.0 Å². The number of carbonyl (C=O) groups is 1. The highest BCUT2D eigenvalue weighted by Crippen LogP contribution is 2.35. The standard InChI is InChI=1S/C29H27ClN4O2/c1-4-6-23(35)17-26-29-33-32-18(2)34(29)27-14-11-21(20-7-5-8-24(15-20)36-3)16-25(27)28(31-26)19-9-12-22(30)13-10-19/h5,7-16,26H,4,6,17H2,1-3H3/t26-/m0/s1. The van der Waals surface area contributed by atoms with Crippen molar-refractivity contribution in [3.63, 3.8) is 0 Å². The van der Waals surface area contributed by atoms with Crippen LogP contribution < -0.4 is 4.74 Å². The van der Waals surface area contributed by atoms with Crippen molar-refractivity contribution >= 4 is 23.1 Å². The van der Waals surface area contributed by atoms with E-state index in [1.54, 1.807) is 7.11 Å². The molecule has 0 saturated carbocycles. The molecular formula is C29H27ClN4O2. The zero-order chi connectivity index (χ0) is 25.2. The predicted molar refractivity (Wildman–Crippen MR) is 142 cm³/mol. The van der Waals surface area contributed by atoms with Crippen molar-refractivity contribution in [2.24, 2.45) is 4.99 Å². The van der Waals surface area contributed by atoms with Crippen LogP contribution in [0, 0.1) is 6.92 Å². The smallest absolute Gasteiger partial charge is 0.162 e. The summed E-state index contributed by atoms with van der Waals surface area (Å²) in [5.41, 5.74) is 5.65. The fraction of sp³-hybridized carbons (Fsp3) is 0.241. The molecule has 4 aromatic rings. The van der Waals surface area contributed by atoms with Crippen LogP contribution >= 0.6 is 11.6 Å². The normalized spacial score (nSPS) is 14.4. The van der Waals surface area contributed by atoms with E-state index >= 15 is 0 Å². The summed E-state index contributed by atoms with van der Waals surface area (Å²) >= 11 is 6.21. The molecule has 0 bridgehead atoms. The number of Topliss-reactive ketones (excluding diaryl/α,β-unsaturated/α-hetero) is 1. The molecule has 0 fully saturated rings. The number of methoxy groups -OCH3 is 1. The second kappa shape index (κ2) is 10.1. The van der Waals surface area contributed by atoms with Crippen LogP contribution in [0.1, 0.15) is 55.0 Å². The number of hydrogen-bond acceptors (Lipinski definition) is 5. The van der Waals surface area contributed by atoms with Gasteiger partial charge in [-0.05, 0) is 60.9 Å². The first kappa shape index (κ1) is 23.9. The van der Waals surface area contributed by atoms with E-state index in [1.165, 1.54) is 0 Å². The molecule has 5 rings (SSSR count). The van der Waals surface area contributed by atoms with Gasteiger partial charge in [-0.1, -0.05) is 48.9 Å². The van der Waals surface area contributed by atoms with Gasteiger partial charge in [-0.3, -0.25) is 14.4 Å². The number of aryl methyl sites for hydroxylation is 1. The molecule has 182 valence electrons. The highest BCUT2D eigenvalue weighted by molar-refractivity contribution is 6.30. The molecule has 0 amide bonds. The van der Waals surface area contributed by atoms with Crippen LogP contribution in [-0.2, 0) is 4.79 Å². The molecule has 7 heteroatoms. The van der Waals surface area contributed by atoms with Crippen molar-refractivity contribution < 1.29 is 9.53 Å². The van der Waals surface area contributed by atoms with Crippen LogP contribution in [0.2, 0.25) is 5.02 Å². The van der Waals surface area contributed by atoms with Gasteiger partial charge in [0.15, 0.2) is 5.82 Å². The lowest BCUT2D eigenvalue weighted by Gasteiger charge is -2.15. The predicted octanol–water partition coefficient (Wildman–Crippen LogP) is 6.56. The van der Waals surface area contributed by atoms with E-state index in [9.17, 15) is 4.79 Å². The van der Waals surface area contributed by atoms with Crippen molar-refractivity contribution in [2.45, 2.75) is 39.2 Å². The minimum atomic E-state index is -0.441. The van der Waals surface area contributed by atoms with Crippen LogP contribution in [0.25, 0.3) is 16.8 Å². The topological polar surface area (TPSA) is 69.4 Å². The zero-order valence-corrected chi connectivity index (χ0v) is 21.3. The highest BCUT2D eigenvalue weighted by Gasteiger charge is 2.29. The first-order valence-corrected chi connectivity index (χ1v) is 12.4. The van der Waals surface area contributed by atoms with Gasteiger partial charge in [0.1, 0.15) is 23.4 Å². The van der Waals surface area contributed by atoms with E-state index in [2.05, 4.69) is 34.5 Å². The molecule has 1 aliphatic heterocycles. The van der Waals surface area contributed by atoms with Gasteiger partial charge in [0.25, 0.3) is 0 Å². The molecule has 1 aromatic heterocycles. The summed E-state index contributed by atoms with van der Waals surface area (Å²) in [5, 5.41) is 9.48. The molecule has 0 aliphatic carbocycles. The third-order valence-corrected chi connectivity index (χ3v) is 6.65. The quantitative estimate of drug-likeness (QED) is 0.289. The monoisotopic (exact) mass is 498 g/mol. The number of halogens is 1. The molecule has 6 nitrogen and oxygen atoms in total. The van der Waals surface area contributed by atoms with E-state index in [4.69, 9.17) is 21.3 Å². The Morgan fingerprint density at radius 2 is 1.75 bits per heavy atom. The fourth-order valence-electron chi connectivity index (χ4n) is 4.65. The third kappa shape index (κ3) is 4.56. The van der Waals surface area contributed by atoms with Gasteiger partial charge in [-0.15, -0.1) is 10.2 Å². The van der Waals surface area contributed by atoms with Crippen molar-refractivity contribution in [1.82, 2.24) is 14.8 Å². The summed E-state index contributed by atoms with van der Waals surface area (Å²) in [6.07, 6.45) is 1.59. The van der Waals surface area contributed by atoms with Crippen molar-refractivity contribution in [2.75, 3.05) is 7.11 Å². The lowest BCUT2D eigenvalue weighted by Crippen LogP contribution is -2.11. The summed E-state index contributed by atoms with van der Waals surface area (Å²) < 4.78 is 7.47. The lowest BCUT2D eigenvalue weighted by atomic mass is 9.95. The number of ether oxygens (including phenoxy) is 1. The number of rotatable bonds is 7. The molecule has 0 radical (unpaired) electrons. The van der Waals surface area contributed by atoms with E-state index in [-0.39, 0.29) is 12.2 Å². The Kier molecular flexibility index (Phi) is 6.70. The lowest BCUT2D eigenvalue weighted by molar-refractivity contribution is -0.119. The van der Waals surface area contributed by atoms with Crippen molar-refractivity contribution in [3.05, 3.63) is 94.5 Å². The van der Waals surface area contributed by atoms with Crippen molar-refractivity contribution in [1.29, 1.82) is 0 Å². The average molecular weight is 499 g/mol. The van der Waals surface area contributed by atoms with Crippen LogP contribution in [0.3, 0.4) is 0 Å². The van der Waals surface area contributed by atoms with Gasteiger partial charge < -0.3 is 4.74 Å². The van der Waals surface area contributed by atoms with Gasteiger partial charge in [0.05, 0.1) is 18.5 Å². The summed E-state index contributed by atoms with van der Waals surface area (Å²) in [6, 6.07) is 21.5. The Balaban J connectivity index is 1.74. The molecule has 0 saturated heterocycles. The number of aromatic nitrogens is 3. The number of ketones is 1. The molecule has 2 heterocycles. The minimum Gasteiger partial charge on any atom is -0.497 e. The van der Waals surface area contributed by atoms with E-state index < -0.39 is 6.04 Å². The zero-order valence-electron chi connectivity index (χ0n) is 20.5. The van der Waals surface area contributed by atoms with Crippen LogP contribution in [0.5, 0.6) is 5.75 Å². The van der Waals surface area contributed by atoms with E-state index in [1.807, 2.05) is 60.9 Å². The molecule has 1 atom stereocenters. The number of carbonyl (C=O) groups excluding carboxylic acids is 1. The molecule has 0 unspecified atom stereocenters. The van der Waals surface area contributed by atoms with Gasteiger partial charge >= 0.3 is 0 Å². The Labute approximate surface area is 215 Å².